The minimum atomic E-state index is -4.60. The number of carbonyl (C=O) groups is 1. The number of allylic oxidation sites excluding steroid dienone is 1. The fraction of sp³-hybridized carbons (Fsp3) is 0.333. The number of anilines is 2. The number of piperazine rings is 1. The summed E-state index contributed by atoms with van der Waals surface area (Å²) >= 11 is 6.25. The lowest BCUT2D eigenvalue weighted by molar-refractivity contribution is -0.384. The molecule has 6 aromatic rings. The molecular formula is C51H57ClN8O7S. The van der Waals surface area contributed by atoms with Crippen molar-refractivity contribution in [3.05, 3.63) is 147 Å². The highest BCUT2D eigenvalue weighted by atomic mass is 35.5. The average Bonchev–Trinajstić information content (AvgIpc) is 3.79. The van der Waals surface area contributed by atoms with Crippen molar-refractivity contribution in [2.24, 2.45) is 5.41 Å². The second-order valence-corrected chi connectivity index (χ2v) is 20.6. The zero-order valence-electron chi connectivity index (χ0n) is 38.8. The third-order valence-electron chi connectivity index (χ3n) is 12.5. The van der Waals surface area contributed by atoms with E-state index in [2.05, 4.69) is 60.7 Å². The smallest absolute Gasteiger partial charge is 0.293 e. The van der Waals surface area contributed by atoms with Gasteiger partial charge in [0.2, 0.25) is 0 Å². The number of H-pyrrole nitrogens is 1. The number of carbonyl (C=O) groups excluding carboxylic acids is 1. The van der Waals surface area contributed by atoms with E-state index >= 15 is 0 Å². The van der Waals surface area contributed by atoms with Gasteiger partial charge in [0.15, 0.2) is 0 Å². The number of pyridine rings is 1. The molecule has 17 heteroatoms. The Labute approximate surface area is 402 Å². The van der Waals surface area contributed by atoms with Crippen LogP contribution in [0.5, 0.6) is 17.2 Å². The summed E-state index contributed by atoms with van der Waals surface area (Å²) in [5.74, 6) is 0.204. The highest BCUT2D eigenvalue weighted by Gasteiger charge is 2.30. The molecule has 356 valence electrons. The quantitative estimate of drug-likeness (QED) is 0.0423. The highest BCUT2D eigenvalue weighted by Crippen LogP contribution is 2.43. The van der Waals surface area contributed by atoms with E-state index in [1.165, 1.54) is 41.1 Å². The number of nitrogens with zero attached hydrogens (tertiary/aromatic N) is 5. The summed E-state index contributed by atoms with van der Waals surface area (Å²) in [6.45, 7) is 10.3. The van der Waals surface area contributed by atoms with Crippen molar-refractivity contribution < 1.29 is 27.6 Å². The van der Waals surface area contributed by atoms with Crippen LogP contribution < -0.4 is 24.4 Å². The molecule has 68 heavy (non-hydrogen) atoms. The van der Waals surface area contributed by atoms with Crippen LogP contribution in [0.15, 0.2) is 120 Å². The number of halogens is 1. The molecule has 4 aromatic carbocycles. The van der Waals surface area contributed by atoms with Gasteiger partial charge in [-0.15, -0.1) is 0 Å². The first-order chi connectivity index (χ1) is 32.6. The van der Waals surface area contributed by atoms with Gasteiger partial charge in [-0.2, -0.15) is 0 Å². The van der Waals surface area contributed by atoms with Crippen LogP contribution in [-0.2, 0) is 16.6 Å². The zero-order chi connectivity index (χ0) is 48.0. The summed E-state index contributed by atoms with van der Waals surface area (Å²) in [6, 6.07) is 27.7. The molecule has 1 amide bonds. The maximum atomic E-state index is 14.0. The number of aromatic nitrogens is 2. The molecule has 1 fully saturated rings. The topological polar surface area (TPSA) is 175 Å². The number of fused-ring (bicyclic) bond motifs is 1. The molecule has 2 aromatic heterocycles. The van der Waals surface area contributed by atoms with Gasteiger partial charge in [-0.05, 0) is 123 Å². The van der Waals surface area contributed by atoms with Gasteiger partial charge in [-0.25, -0.2) is 18.1 Å². The van der Waals surface area contributed by atoms with E-state index in [1.807, 2.05) is 56.6 Å². The summed E-state index contributed by atoms with van der Waals surface area (Å²) in [4.78, 5) is 39.4. The summed E-state index contributed by atoms with van der Waals surface area (Å²) in [6.07, 6.45) is 7.34. The van der Waals surface area contributed by atoms with Crippen LogP contribution in [0.3, 0.4) is 0 Å². The van der Waals surface area contributed by atoms with E-state index in [0.29, 0.717) is 36.8 Å². The van der Waals surface area contributed by atoms with E-state index in [9.17, 15) is 23.3 Å². The lowest BCUT2D eigenvalue weighted by Gasteiger charge is -2.39. The van der Waals surface area contributed by atoms with Crippen molar-refractivity contribution in [3.63, 3.8) is 0 Å². The SMILES string of the molecule is CN(C)CCCOc1ccc(CNc2ccc(S(=O)(=O)NC(=O)c3ccc(N4CCN(CC5=C(c6ccc(Cl)cc6)CC(C)(C)CC5)CC4)cc3Oc3cnc4[nH]ccc4c3)cc2[N+](=O)[O-])cc1. The van der Waals surface area contributed by atoms with Gasteiger partial charge in [-0.3, -0.25) is 19.8 Å². The maximum absolute atomic E-state index is 14.0. The third kappa shape index (κ3) is 12.0. The van der Waals surface area contributed by atoms with Crippen LogP contribution in [0.1, 0.15) is 61.0 Å². The van der Waals surface area contributed by atoms with E-state index in [4.69, 9.17) is 21.1 Å². The molecule has 0 saturated carbocycles. The Hall–Kier alpha value is -6.46. The summed E-state index contributed by atoms with van der Waals surface area (Å²) in [7, 11) is -0.591. The number of amides is 1. The van der Waals surface area contributed by atoms with E-state index in [1.54, 1.807) is 24.4 Å². The van der Waals surface area contributed by atoms with E-state index in [0.717, 1.165) is 79.6 Å². The number of rotatable bonds is 18. The molecule has 0 unspecified atom stereocenters. The van der Waals surface area contributed by atoms with Crippen LogP contribution in [0.25, 0.3) is 16.6 Å². The number of hydrogen-bond acceptors (Lipinski definition) is 12. The molecule has 0 radical (unpaired) electrons. The average molecular weight is 962 g/mol. The predicted molar refractivity (Wildman–Crippen MR) is 267 cm³/mol. The Morgan fingerprint density at radius 1 is 0.956 bits per heavy atom. The van der Waals surface area contributed by atoms with Crippen LogP contribution in [-0.4, -0.2) is 99.0 Å². The zero-order valence-corrected chi connectivity index (χ0v) is 40.3. The molecule has 1 saturated heterocycles. The van der Waals surface area contributed by atoms with Gasteiger partial charge < -0.3 is 29.6 Å². The second kappa shape index (κ2) is 20.8. The fourth-order valence-electron chi connectivity index (χ4n) is 8.67. The first kappa shape index (κ1) is 48.0. The maximum Gasteiger partial charge on any atom is 0.293 e. The summed E-state index contributed by atoms with van der Waals surface area (Å²) in [5, 5.41) is 16.8. The van der Waals surface area contributed by atoms with Gasteiger partial charge in [0.25, 0.3) is 21.6 Å². The predicted octanol–water partition coefficient (Wildman–Crippen LogP) is 9.76. The van der Waals surface area contributed by atoms with Gasteiger partial charge in [0, 0.05) is 80.2 Å². The second-order valence-electron chi connectivity index (χ2n) is 18.4. The number of sulfonamides is 1. The lowest BCUT2D eigenvalue weighted by atomic mass is 9.72. The van der Waals surface area contributed by atoms with Crippen molar-refractivity contribution in [1.82, 2.24) is 24.5 Å². The molecule has 3 heterocycles. The van der Waals surface area contributed by atoms with Crippen LogP contribution in [0.4, 0.5) is 17.1 Å². The molecule has 1 aliphatic carbocycles. The third-order valence-corrected chi connectivity index (χ3v) is 14.1. The number of hydrogen-bond donors (Lipinski definition) is 3. The summed E-state index contributed by atoms with van der Waals surface area (Å²) in [5.41, 5.74) is 6.19. The fourth-order valence-corrected chi connectivity index (χ4v) is 9.78. The summed E-state index contributed by atoms with van der Waals surface area (Å²) < 4.78 is 41.9. The molecular weight excluding hydrogens is 904 g/mol. The van der Waals surface area contributed by atoms with Crippen LogP contribution >= 0.6 is 11.6 Å². The van der Waals surface area contributed by atoms with E-state index in [-0.39, 0.29) is 29.0 Å². The molecule has 8 rings (SSSR count). The van der Waals surface area contributed by atoms with Crippen LogP contribution in [0.2, 0.25) is 5.02 Å². The van der Waals surface area contributed by atoms with Gasteiger partial charge in [0.05, 0.1) is 28.2 Å². The minimum Gasteiger partial charge on any atom is -0.494 e. The van der Waals surface area contributed by atoms with Crippen LogP contribution in [0, 0.1) is 15.5 Å². The van der Waals surface area contributed by atoms with Crippen molar-refractivity contribution in [3.8, 4) is 17.2 Å². The largest absolute Gasteiger partial charge is 0.494 e. The number of nitro benzene ring substituents is 1. The Morgan fingerprint density at radius 3 is 2.46 bits per heavy atom. The number of ether oxygens (including phenoxy) is 2. The Kier molecular flexibility index (Phi) is 14.7. The first-order valence-corrected chi connectivity index (χ1v) is 24.6. The Balaban J connectivity index is 0.967. The molecule has 3 N–H and O–H groups in total. The van der Waals surface area contributed by atoms with Crippen molar-refractivity contribution in [1.29, 1.82) is 0 Å². The molecule has 0 bridgehead atoms. The number of nitro groups is 1. The number of nitrogens with one attached hydrogen (secondary N) is 3. The molecule has 0 atom stereocenters. The number of aromatic amines is 1. The normalized spacial score (nSPS) is 15.4. The Morgan fingerprint density at radius 2 is 1.72 bits per heavy atom. The van der Waals surface area contributed by atoms with E-state index < -0.39 is 31.4 Å². The minimum absolute atomic E-state index is 0.0511. The van der Waals surface area contributed by atoms with Gasteiger partial charge in [0.1, 0.15) is 28.6 Å². The Bertz CT molecular complexity index is 2910. The van der Waals surface area contributed by atoms with Gasteiger partial charge >= 0.3 is 0 Å². The number of benzene rings is 4. The molecule has 1 aliphatic heterocycles. The molecule has 0 spiro atoms. The molecule has 2 aliphatic rings. The lowest BCUT2D eigenvalue weighted by Crippen LogP contribution is -2.47. The first-order valence-electron chi connectivity index (χ1n) is 22.7. The van der Waals surface area contributed by atoms with Crippen molar-refractivity contribution in [2.45, 2.75) is 51.0 Å². The standard InChI is InChI=1S/C51H57ClN8O7S/c1-51(2)20-18-38(45(31-51)36-8-10-39(52)11-9-36)34-58-23-25-59(26-24-58)40-12-16-44(48(29-40)67-42-28-37-19-21-53-49(37)55-33-42)50(61)56-68(64,65)43-15-17-46(47(30-43)60(62)63)54-32-35-6-13-41(14-7-35)66-27-5-22-57(3)4/h6-17,19,21,28-30,33,54H,5,18,20,22-27,31-32,34H2,1-4H3,(H,53,55)(H,56,61). The van der Waals surface area contributed by atoms with Gasteiger partial charge in [-0.1, -0.05) is 55.3 Å². The van der Waals surface area contributed by atoms with Crippen molar-refractivity contribution in [2.75, 3.05) is 70.2 Å². The highest BCUT2D eigenvalue weighted by molar-refractivity contribution is 7.90. The van der Waals surface area contributed by atoms with Crippen molar-refractivity contribution >= 4 is 61.2 Å². The monoisotopic (exact) mass is 960 g/mol. The molecule has 15 nitrogen and oxygen atoms in total.